The number of hydrogen-bond donors (Lipinski definition) is 1. The number of methoxy groups -OCH3 is 1. The van der Waals surface area contributed by atoms with Crippen LogP contribution in [0, 0.1) is 5.92 Å². The molecule has 6 heteroatoms. The van der Waals surface area contributed by atoms with E-state index in [1.54, 1.807) is 18.3 Å². The van der Waals surface area contributed by atoms with Gasteiger partial charge in [-0.15, -0.1) is 0 Å². The van der Waals surface area contributed by atoms with Gasteiger partial charge >= 0.3 is 0 Å². The molecule has 0 aliphatic carbocycles. The summed E-state index contributed by atoms with van der Waals surface area (Å²) >= 11 is 0. The number of hydrogen-bond acceptors (Lipinski definition) is 4. The molecular weight excluding hydrogens is 264 g/mol. The van der Waals surface area contributed by atoms with Crippen molar-refractivity contribution < 1.29 is 13.2 Å². The summed E-state index contributed by atoms with van der Waals surface area (Å²) in [5.74, 6) is 0.505. The molecule has 1 unspecified atom stereocenters. The van der Waals surface area contributed by atoms with Gasteiger partial charge in [-0.1, -0.05) is 6.92 Å². The molecule has 1 saturated heterocycles. The summed E-state index contributed by atoms with van der Waals surface area (Å²) in [6.45, 7) is 7.28. The largest absolute Gasteiger partial charge is 0.384 e. The van der Waals surface area contributed by atoms with Crippen molar-refractivity contribution in [1.82, 2.24) is 9.62 Å². The highest BCUT2D eigenvalue weighted by molar-refractivity contribution is 7.89. The molecule has 5 nitrogen and oxygen atoms in total. The molecule has 114 valence electrons. The maximum atomic E-state index is 12.4. The summed E-state index contributed by atoms with van der Waals surface area (Å²) in [5.41, 5.74) is 0. The Morgan fingerprint density at radius 1 is 1.37 bits per heavy atom. The molecule has 0 spiro atoms. The van der Waals surface area contributed by atoms with Gasteiger partial charge in [0.25, 0.3) is 0 Å². The van der Waals surface area contributed by atoms with Crippen molar-refractivity contribution in [2.75, 3.05) is 39.9 Å². The third-order valence-corrected chi connectivity index (χ3v) is 5.97. The summed E-state index contributed by atoms with van der Waals surface area (Å²) in [7, 11) is -1.45. The second-order valence-electron chi connectivity index (χ2n) is 5.36. The Labute approximate surface area is 117 Å². The van der Waals surface area contributed by atoms with E-state index in [1.807, 2.05) is 0 Å². The molecule has 0 amide bonds. The number of nitrogens with zero attached hydrogens (tertiary/aromatic N) is 1. The van der Waals surface area contributed by atoms with Crippen LogP contribution in [0.3, 0.4) is 0 Å². The van der Waals surface area contributed by atoms with Crippen LogP contribution in [0.25, 0.3) is 0 Å². The standard InChI is InChI=1S/C13H28N2O3S/c1-4-7-14-10-12(2)19(16,17)15-8-5-13(6-9-15)11-18-3/h12-14H,4-11H2,1-3H3. The van der Waals surface area contributed by atoms with Crippen molar-refractivity contribution >= 4 is 10.0 Å². The Balaban J connectivity index is 2.45. The summed E-state index contributed by atoms with van der Waals surface area (Å²) in [4.78, 5) is 0. The Kier molecular flexibility index (Phi) is 7.28. The first-order valence-corrected chi connectivity index (χ1v) is 8.71. The number of ether oxygens (including phenoxy) is 1. The van der Waals surface area contributed by atoms with Gasteiger partial charge in [-0.05, 0) is 38.6 Å². The van der Waals surface area contributed by atoms with Crippen molar-refractivity contribution in [3.8, 4) is 0 Å². The van der Waals surface area contributed by atoms with Gasteiger partial charge in [0.15, 0.2) is 0 Å². The lowest BCUT2D eigenvalue weighted by atomic mass is 9.99. The third-order valence-electron chi connectivity index (χ3n) is 3.70. The van der Waals surface area contributed by atoms with Gasteiger partial charge in [-0.2, -0.15) is 0 Å². The molecule has 0 aromatic heterocycles. The average molecular weight is 292 g/mol. The molecule has 19 heavy (non-hydrogen) atoms. The van der Waals surface area contributed by atoms with E-state index in [2.05, 4.69) is 12.2 Å². The molecule has 1 atom stereocenters. The minimum atomic E-state index is -3.15. The minimum Gasteiger partial charge on any atom is -0.384 e. The Bertz CT molecular complexity index is 338. The highest BCUT2D eigenvalue weighted by Gasteiger charge is 2.31. The van der Waals surface area contributed by atoms with E-state index in [9.17, 15) is 8.42 Å². The maximum Gasteiger partial charge on any atom is 0.217 e. The first-order valence-electron chi connectivity index (χ1n) is 7.21. The van der Waals surface area contributed by atoms with E-state index < -0.39 is 10.0 Å². The molecule has 0 aromatic rings. The molecule has 0 saturated carbocycles. The summed E-state index contributed by atoms with van der Waals surface area (Å²) < 4.78 is 31.6. The molecule has 1 rings (SSSR count). The molecule has 0 aromatic carbocycles. The van der Waals surface area contributed by atoms with Crippen LogP contribution in [0.2, 0.25) is 0 Å². The van der Waals surface area contributed by atoms with Gasteiger partial charge < -0.3 is 10.1 Å². The topological polar surface area (TPSA) is 58.6 Å². The van der Waals surface area contributed by atoms with Crippen LogP contribution >= 0.6 is 0 Å². The van der Waals surface area contributed by atoms with Crippen LogP contribution in [0.4, 0.5) is 0 Å². The van der Waals surface area contributed by atoms with Gasteiger partial charge in [0.2, 0.25) is 10.0 Å². The lowest BCUT2D eigenvalue weighted by Gasteiger charge is -2.32. The van der Waals surface area contributed by atoms with Gasteiger partial charge in [0.1, 0.15) is 0 Å². The van der Waals surface area contributed by atoms with Crippen LogP contribution in [0.5, 0.6) is 0 Å². The van der Waals surface area contributed by atoms with E-state index in [0.29, 0.717) is 25.6 Å². The number of rotatable bonds is 8. The van der Waals surface area contributed by atoms with Crippen molar-refractivity contribution in [2.45, 2.75) is 38.4 Å². The Morgan fingerprint density at radius 3 is 2.53 bits per heavy atom. The summed E-state index contributed by atoms with van der Waals surface area (Å²) in [5, 5.41) is 2.83. The quantitative estimate of drug-likeness (QED) is 0.680. The molecule has 1 aliphatic heterocycles. The van der Waals surface area contributed by atoms with Crippen molar-refractivity contribution in [3.63, 3.8) is 0 Å². The fourth-order valence-electron chi connectivity index (χ4n) is 2.41. The lowest BCUT2D eigenvalue weighted by molar-refractivity contribution is 0.121. The highest BCUT2D eigenvalue weighted by atomic mass is 32.2. The smallest absolute Gasteiger partial charge is 0.217 e. The van der Waals surface area contributed by atoms with Crippen LogP contribution in [0.1, 0.15) is 33.1 Å². The first-order chi connectivity index (χ1) is 9.02. The molecule has 0 bridgehead atoms. The van der Waals surface area contributed by atoms with Gasteiger partial charge in [-0.25, -0.2) is 12.7 Å². The Hall–Kier alpha value is -0.170. The van der Waals surface area contributed by atoms with Crippen molar-refractivity contribution in [1.29, 1.82) is 0 Å². The number of sulfonamides is 1. The molecule has 1 heterocycles. The Morgan fingerprint density at radius 2 is 2.00 bits per heavy atom. The maximum absolute atomic E-state index is 12.4. The zero-order valence-electron chi connectivity index (χ0n) is 12.4. The zero-order chi connectivity index (χ0) is 14.3. The van der Waals surface area contributed by atoms with E-state index in [1.165, 1.54) is 0 Å². The zero-order valence-corrected chi connectivity index (χ0v) is 13.2. The second kappa shape index (κ2) is 8.19. The van der Waals surface area contributed by atoms with Crippen LogP contribution in [-0.4, -0.2) is 57.9 Å². The SMILES string of the molecule is CCCNCC(C)S(=O)(=O)N1CCC(COC)CC1. The fourth-order valence-corrected chi connectivity index (χ4v) is 3.97. The van der Waals surface area contributed by atoms with Crippen LogP contribution in [-0.2, 0) is 14.8 Å². The van der Waals surface area contributed by atoms with E-state index >= 15 is 0 Å². The average Bonchev–Trinajstić information content (AvgIpc) is 2.40. The molecule has 1 aliphatic rings. The third kappa shape index (κ3) is 5.02. The first kappa shape index (κ1) is 16.9. The lowest BCUT2D eigenvalue weighted by Crippen LogP contribution is -2.46. The fraction of sp³-hybridized carbons (Fsp3) is 1.00. The summed E-state index contributed by atoms with van der Waals surface area (Å²) in [6, 6.07) is 0. The predicted octanol–water partition coefficient (Wildman–Crippen LogP) is 1.06. The van der Waals surface area contributed by atoms with Gasteiger partial charge in [0, 0.05) is 33.4 Å². The molecule has 0 radical (unpaired) electrons. The normalized spacial score (nSPS) is 20.6. The van der Waals surface area contributed by atoms with Crippen molar-refractivity contribution in [3.05, 3.63) is 0 Å². The summed E-state index contributed by atoms with van der Waals surface area (Å²) in [6.07, 6.45) is 2.83. The van der Waals surface area contributed by atoms with E-state index in [4.69, 9.17) is 4.74 Å². The number of nitrogens with one attached hydrogen (secondary N) is 1. The molecule has 1 N–H and O–H groups in total. The number of piperidine rings is 1. The van der Waals surface area contributed by atoms with Gasteiger partial charge in [0.05, 0.1) is 5.25 Å². The van der Waals surface area contributed by atoms with E-state index in [-0.39, 0.29) is 5.25 Å². The van der Waals surface area contributed by atoms with Crippen LogP contribution < -0.4 is 5.32 Å². The highest BCUT2D eigenvalue weighted by Crippen LogP contribution is 2.21. The van der Waals surface area contributed by atoms with Gasteiger partial charge in [-0.3, -0.25) is 0 Å². The molecular formula is C13H28N2O3S. The van der Waals surface area contributed by atoms with Crippen molar-refractivity contribution in [2.24, 2.45) is 5.92 Å². The van der Waals surface area contributed by atoms with Crippen LogP contribution in [0.15, 0.2) is 0 Å². The van der Waals surface area contributed by atoms with E-state index in [0.717, 1.165) is 32.4 Å². The minimum absolute atomic E-state index is 0.349. The second-order valence-corrected chi connectivity index (χ2v) is 7.71. The predicted molar refractivity (Wildman–Crippen MR) is 77.7 cm³/mol. The molecule has 1 fully saturated rings. The monoisotopic (exact) mass is 292 g/mol.